The van der Waals surface area contributed by atoms with E-state index in [1.807, 2.05) is 13.8 Å². The van der Waals surface area contributed by atoms with Crippen LogP contribution in [0.1, 0.15) is 91.9 Å². The molecule has 0 saturated heterocycles. The Morgan fingerprint density at radius 1 is 1.21 bits per heavy atom. The van der Waals surface area contributed by atoms with Gasteiger partial charge in [-0.25, -0.2) is 0 Å². The van der Waals surface area contributed by atoms with Crippen molar-refractivity contribution in [3.8, 4) is 0 Å². The highest BCUT2D eigenvalue weighted by Gasteiger charge is 2.51. The van der Waals surface area contributed by atoms with Gasteiger partial charge in [0.15, 0.2) is 0 Å². The number of aliphatic hydroxyl groups is 4. The van der Waals surface area contributed by atoms with E-state index in [2.05, 4.69) is 32.6 Å². The van der Waals surface area contributed by atoms with E-state index in [4.69, 9.17) is 4.74 Å². The van der Waals surface area contributed by atoms with E-state index in [9.17, 15) is 20.4 Å². The zero-order chi connectivity index (χ0) is 25.1. The molecule has 0 bridgehead atoms. The Morgan fingerprint density at radius 2 is 1.91 bits per heavy atom. The van der Waals surface area contributed by atoms with Crippen molar-refractivity contribution in [2.45, 2.75) is 122 Å². The summed E-state index contributed by atoms with van der Waals surface area (Å²) in [5.74, 6) is 0.946. The van der Waals surface area contributed by atoms with E-state index in [0.29, 0.717) is 43.9 Å². The molecule has 5 nitrogen and oxygen atoms in total. The van der Waals surface area contributed by atoms with Gasteiger partial charge in [-0.15, -0.1) is 0 Å². The van der Waals surface area contributed by atoms with E-state index in [0.717, 1.165) is 36.8 Å². The van der Waals surface area contributed by atoms with Gasteiger partial charge in [0, 0.05) is 12.8 Å². The van der Waals surface area contributed by atoms with Gasteiger partial charge < -0.3 is 25.2 Å². The van der Waals surface area contributed by atoms with Crippen molar-refractivity contribution in [2.24, 2.45) is 17.3 Å². The summed E-state index contributed by atoms with van der Waals surface area (Å²) in [5.41, 5.74) is 2.52. The standard InChI is InChI=1S/C29H48O5/c1-6-29(33,7-2)17-24(31)18-34-20(4)25-12-13-26-21(9-8-14-28(25,26)5)10-11-22-15-23(30)16-27(32)19(22)3/h10-11,20,23-27,30-33H,3,6-9,12-18H2,1-2,4-5H3/b21-10+,22-11-/t20-,23+,24?,25+,26-,27-,28+/m0/s1. The topological polar surface area (TPSA) is 90.2 Å². The molecule has 0 aliphatic heterocycles. The van der Waals surface area contributed by atoms with E-state index < -0.39 is 23.9 Å². The van der Waals surface area contributed by atoms with Crippen molar-refractivity contribution < 1.29 is 25.2 Å². The van der Waals surface area contributed by atoms with Crippen LogP contribution >= 0.6 is 0 Å². The van der Waals surface area contributed by atoms with Gasteiger partial charge in [0.25, 0.3) is 0 Å². The second kappa shape index (κ2) is 11.4. The molecule has 3 aliphatic rings. The van der Waals surface area contributed by atoms with Crippen molar-refractivity contribution in [1.82, 2.24) is 0 Å². The molecule has 194 valence electrons. The molecule has 3 rings (SSSR count). The highest BCUT2D eigenvalue weighted by Crippen LogP contribution is 2.58. The zero-order valence-electron chi connectivity index (χ0n) is 21.8. The number of ether oxygens (including phenoxy) is 1. The lowest BCUT2D eigenvalue weighted by Gasteiger charge is -2.44. The minimum Gasteiger partial charge on any atom is -0.393 e. The molecule has 0 spiro atoms. The van der Waals surface area contributed by atoms with Crippen molar-refractivity contribution in [1.29, 1.82) is 0 Å². The van der Waals surface area contributed by atoms with Crippen LogP contribution in [0, 0.1) is 17.3 Å². The predicted octanol–water partition coefficient (Wildman–Crippen LogP) is 4.83. The Balaban J connectivity index is 1.65. The summed E-state index contributed by atoms with van der Waals surface area (Å²) in [4.78, 5) is 0. The molecular weight excluding hydrogens is 428 g/mol. The lowest BCUT2D eigenvalue weighted by molar-refractivity contribution is -0.0810. The van der Waals surface area contributed by atoms with Gasteiger partial charge in [0.05, 0.1) is 36.6 Å². The molecule has 1 unspecified atom stereocenters. The number of fused-ring (bicyclic) bond motifs is 1. The molecule has 3 saturated carbocycles. The van der Waals surface area contributed by atoms with Crippen molar-refractivity contribution in [3.05, 3.63) is 35.5 Å². The molecule has 5 heteroatoms. The van der Waals surface area contributed by atoms with Crippen molar-refractivity contribution in [2.75, 3.05) is 6.61 Å². The maximum atomic E-state index is 10.5. The summed E-state index contributed by atoms with van der Waals surface area (Å²) in [6.45, 7) is 12.8. The second-order valence-electron chi connectivity index (χ2n) is 11.5. The molecule has 0 aromatic heterocycles. The third-order valence-electron chi connectivity index (χ3n) is 9.35. The number of allylic oxidation sites excluding steroid dienone is 3. The van der Waals surface area contributed by atoms with Crippen LogP contribution < -0.4 is 0 Å². The van der Waals surface area contributed by atoms with Gasteiger partial charge in [-0.1, -0.05) is 45.1 Å². The first-order valence-electron chi connectivity index (χ1n) is 13.5. The van der Waals surface area contributed by atoms with Crippen LogP contribution in [0.15, 0.2) is 35.5 Å². The minimum absolute atomic E-state index is 0.0575. The average Bonchev–Trinajstić information content (AvgIpc) is 3.16. The highest BCUT2D eigenvalue weighted by atomic mass is 16.5. The van der Waals surface area contributed by atoms with Gasteiger partial charge >= 0.3 is 0 Å². The number of aliphatic hydroxyl groups excluding tert-OH is 3. The van der Waals surface area contributed by atoms with Crippen LogP contribution in [0.3, 0.4) is 0 Å². The summed E-state index contributed by atoms with van der Waals surface area (Å²) in [5, 5.41) is 41.2. The summed E-state index contributed by atoms with van der Waals surface area (Å²) >= 11 is 0. The monoisotopic (exact) mass is 476 g/mol. The van der Waals surface area contributed by atoms with Gasteiger partial charge in [0.2, 0.25) is 0 Å². The Kier molecular flexibility index (Phi) is 9.24. The van der Waals surface area contributed by atoms with Gasteiger partial charge in [-0.2, -0.15) is 0 Å². The molecule has 34 heavy (non-hydrogen) atoms. The Hall–Kier alpha value is -0.980. The van der Waals surface area contributed by atoms with E-state index in [1.54, 1.807) is 0 Å². The molecule has 0 heterocycles. The van der Waals surface area contributed by atoms with Gasteiger partial charge in [-0.3, -0.25) is 0 Å². The van der Waals surface area contributed by atoms with E-state index in [1.165, 1.54) is 12.0 Å². The normalized spacial score (nSPS) is 36.6. The van der Waals surface area contributed by atoms with Crippen LogP contribution in [0.4, 0.5) is 0 Å². The molecule has 0 aromatic carbocycles. The molecule has 0 radical (unpaired) electrons. The number of rotatable bonds is 9. The lowest BCUT2D eigenvalue weighted by Crippen LogP contribution is -2.40. The van der Waals surface area contributed by atoms with E-state index >= 15 is 0 Å². The summed E-state index contributed by atoms with van der Waals surface area (Å²) < 4.78 is 6.21. The summed E-state index contributed by atoms with van der Waals surface area (Å²) in [7, 11) is 0. The third-order valence-corrected chi connectivity index (χ3v) is 9.35. The SMILES string of the molecule is C=C1/C(=C\C=C2/CCC[C@]3(C)[C@@H]([C@H](C)OCC(O)CC(O)(CC)CC)CC[C@@H]23)C[C@@H](O)C[C@@H]1O. The first kappa shape index (κ1) is 27.6. The third kappa shape index (κ3) is 6.04. The Bertz CT molecular complexity index is 766. The first-order valence-corrected chi connectivity index (χ1v) is 13.5. The van der Waals surface area contributed by atoms with Crippen LogP contribution in [-0.2, 0) is 4.74 Å². The van der Waals surface area contributed by atoms with Crippen LogP contribution in [0.5, 0.6) is 0 Å². The van der Waals surface area contributed by atoms with Crippen LogP contribution in [-0.4, -0.2) is 57.0 Å². The lowest BCUT2D eigenvalue weighted by atomic mass is 9.62. The summed E-state index contributed by atoms with van der Waals surface area (Å²) in [6, 6.07) is 0. The molecule has 0 aromatic rings. The molecular formula is C29H48O5. The zero-order valence-corrected chi connectivity index (χ0v) is 21.8. The quantitative estimate of drug-likeness (QED) is 0.383. The second-order valence-corrected chi connectivity index (χ2v) is 11.5. The van der Waals surface area contributed by atoms with E-state index in [-0.39, 0.29) is 18.1 Å². The van der Waals surface area contributed by atoms with Crippen LogP contribution in [0.2, 0.25) is 0 Å². The molecule has 0 amide bonds. The average molecular weight is 477 g/mol. The molecule has 7 atom stereocenters. The fourth-order valence-corrected chi connectivity index (χ4v) is 6.93. The predicted molar refractivity (Wildman–Crippen MR) is 136 cm³/mol. The highest BCUT2D eigenvalue weighted by molar-refractivity contribution is 5.38. The largest absolute Gasteiger partial charge is 0.393 e. The molecule has 3 aliphatic carbocycles. The fraction of sp³-hybridized carbons (Fsp3) is 0.793. The van der Waals surface area contributed by atoms with Crippen molar-refractivity contribution >= 4 is 0 Å². The Labute approximate surface area is 206 Å². The van der Waals surface area contributed by atoms with Crippen molar-refractivity contribution in [3.63, 3.8) is 0 Å². The first-order chi connectivity index (χ1) is 16.0. The smallest absolute Gasteiger partial charge is 0.0811 e. The number of hydrogen-bond acceptors (Lipinski definition) is 5. The minimum atomic E-state index is -0.816. The fourth-order valence-electron chi connectivity index (χ4n) is 6.93. The van der Waals surface area contributed by atoms with Crippen LogP contribution in [0.25, 0.3) is 0 Å². The maximum absolute atomic E-state index is 10.5. The maximum Gasteiger partial charge on any atom is 0.0811 e. The van der Waals surface area contributed by atoms with Gasteiger partial charge in [-0.05, 0) is 86.7 Å². The summed E-state index contributed by atoms with van der Waals surface area (Å²) in [6.07, 6.45) is 10.8. The Morgan fingerprint density at radius 3 is 2.59 bits per heavy atom. The number of hydrogen-bond donors (Lipinski definition) is 4. The molecule has 4 N–H and O–H groups in total. The van der Waals surface area contributed by atoms with Gasteiger partial charge in [0.1, 0.15) is 0 Å². The molecule has 3 fully saturated rings.